The Morgan fingerprint density at radius 2 is 1.88 bits per heavy atom. The lowest BCUT2D eigenvalue weighted by molar-refractivity contribution is 0.240. The van der Waals surface area contributed by atoms with Crippen LogP contribution in [0.25, 0.3) is 5.78 Å². The van der Waals surface area contributed by atoms with Crippen LogP contribution < -0.4 is 5.56 Å². The van der Waals surface area contributed by atoms with Crippen LogP contribution >= 0.6 is 0 Å². The van der Waals surface area contributed by atoms with Crippen LogP contribution in [0, 0.1) is 11.3 Å². The van der Waals surface area contributed by atoms with Gasteiger partial charge < -0.3 is 0 Å². The standard InChI is InChI=1S/C26H25N5O/c1-2-19-6-8-20(9-7-19)17-31-25(32)23-18-29(16-22-5-3-4-21(14-22)15-27)12-10-24(23)30-13-11-28-26(30)31/h3-9,11,13-14H,2,10,12,16-18H2,1H3. The Hall–Kier alpha value is -3.69. The maximum atomic E-state index is 13.6. The fourth-order valence-electron chi connectivity index (χ4n) is 4.56. The van der Waals surface area contributed by atoms with E-state index in [1.165, 1.54) is 5.56 Å². The summed E-state index contributed by atoms with van der Waals surface area (Å²) < 4.78 is 3.87. The van der Waals surface area contributed by atoms with Gasteiger partial charge in [0.15, 0.2) is 0 Å². The first-order valence-corrected chi connectivity index (χ1v) is 11.0. The molecule has 0 atom stereocenters. The first-order chi connectivity index (χ1) is 15.7. The van der Waals surface area contributed by atoms with E-state index in [2.05, 4.69) is 51.5 Å². The molecule has 2 aromatic heterocycles. The number of fused-ring (bicyclic) bond motifs is 3. The minimum Gasteiger partial charge on any atom is -0.294 e. The normalized spacial score (nSPS) is 13.8. The second-order valence-corrected chi connectivity index (χ2v) is 8.36. The van der Waals surface area contributed by atoms with Crippen LogP contribution in [-0.4, -0.2) is 25.4 Å². The molecule has 0 fully saturated rings. The van der Waals surface area contributed by atoms with Crippen LogP contribution in [0.2, 0.25) is 0 Å². The first kappa shape index (κ1) is 20.2. The molecule has 0 aliphatic carbocycles. The molecule has 5 rings (SSSR count). The van der Waals surface area contributed by atoms with Gasteiger partial charge in [0.25, 0.3) is 5.56 Å². The van der Waals surface area contributed by atoms with Gasteiger partial charge in [0.2, 0.25) is 5.78 Å². The zero-order chi connectivity index (χ0) is 22.1. The van der Waals surface area contributed by atoms with Gasteiger partial charge in [-0.05, 0) is 35.2 Å². The molecule has 160 valence electrons. The van der Waals surface area contributed by atoms with Crippen molar-refractivity contribution in [2.24, 2.45) is 0 Å². The zero-order valence-corrected chi connectivity index (χ0v) is 18.2. The third kappa shape index (κ3) is 3.72. The van der Waals surface area contributed by atoms with Crippen LogP contribution in [0.1, 0.15) is 40.4 Å². The van der Waals surface area contributed by atoms with Crippen molar-refractivity contribution in [1.29, 1.82) is 5.26 Å². The van der Waals surface area contributed by atoms with Crippen molar-refractivity contribution in [1.82, 2.24) is 18.9 Å². The van der Waals surface area contributed by atoms with Crippen molar-refractivity contribution in [3.8, 4) is 6.07 Å². The molecule has 3 heterocycles. The molecule has 32 heavy (non-hydrogen) atoms. The van der Waals surface area contributed by atoms with E-state index in [1.54, 1.807) is 10.8 Å². The maximum absolute atomic E-state index is 13.6. The van der Waals surface area contributed by atoms with E-state index < -0.39 is 0 Å². The fourth-order valence-corrected chi connectivity index (χ4v) is 4.56. The van der Waals surface area contributed by atoms with Gasteiger partial charge in [-0.1, -0.05) is 43.3 Å². The molecule has 1 aliphatic rings. The number of aryl methyl sites for hydroxylation is 1. The van der Waals surface area contributed by atoms with Gasteiger partial charge in [-0.25, -0.2) is 4.98 Å². The summed E-state index contributed by atoms with van der Waals surface area (Å²) in [4.78, 5) is 20.4. The second kappa shape index (κ2) is 8.45. The van der Waals surface area contributed by atoms with Gasteiger partial charge in [-0.3, -0.25) is 18.7 Å². The lowest BCUT2D eigenvalue weighted by Gasteiger charge is -2.29. The van der Waals surface area contributed by atoms with Crippen LogP contribution in [0.4, 0.5) is 0 Å². The van der Waals surface area contributed by atoms with Gasteiger partial charge >= 0.3 is 0 Å². The van der Waals surface area contributed by atoms with Crippen molar-refractivity contribution in [3.05, 3.63) is 105 Å². The minimum absolute atomic E-state index is 0.0359. The molecule has 4 aromatic rings. The van der Waals surface area contributed by atoms with Crippen molar-refractivity contribution < 1.29 is 0 Å². The molecule has 0 N–H and O–H groups in total. The first-order valence-electron chi connectivity index (χ1n) is 11.0. The Morgan fingerprint density at radius 1 is 1.06 bits per heavy atom. The zero-order valence-electron chi connectivity index (χ0n) is 18.2. The fraction of sp³-hybridized carbons (Fsp3) is 0.269. The van der Waals surface area contributed by atoms with Gasteiger partial charge in [0.05, 0.1) is 23.7 Å². The third-order valence-electron chi connectivity index (χ3n) is 6.29. The van der Waals surface area contributed by atoms with Gasteiger partial charge in [-0.15, -0.1) is 0 Å². The van der Waals surface area contributed by atoms with Crippen LogP contribution in [0.3, 0.4) is 0 Å². The van der Waals surface area contributed by atoms with E-state index in [0.717, 1.165) is 48.3 Å². The largest absolute Gasteiger partial charge is 0.294 e. The number of benzene rings is 2. The highest BCUT2D eigenvalue weighted by atomic mass is 16.1. The maximum Gasteiger partial charge on any atom is 0.259 e. The van der Waals surface area contributed by atoms with Gasteiger partial charge in [0, 0.05) is 44.1 Å². The molecular formula is C26H25N5O. The predicted molar refractivity (Wildman–Crippen MR) is 123 cm³/mol. The Morgan fingerprint density at radius 3 is 2.66 bits per heavy atom. The van der Waals surface area contributed by atoms with E-state index in [4.69, 9.17) is 0 Å². The summed E-state index contributed by atoms with van der Waals surface area (Å²) in [7, 11) is 0. The molecule has 0 unspecified atom stereocenters. The number of hydrogen-bond donors (Lipinski definition) is 0. The van der Waals surface area contributed by atoms with Crippen LogP contribution in [-0.2, 0) is 32.5 Å². The number of imidazole rings is 1. The SMILES string of the molecule is CCc1ccc(Cn2c(=O)c3c(n4ccnc24)CCN(Cc2cccc(C#N)c2)C3)cc1. The molecule has 0 amide bonds. The third-order valence-corrected chi connectivity index (χ3v) is 6.29. The molecule has 6 nitrogen and oxygen atoms in total. The Labute approximate surface area is 187 Å². The molecular weight excluding hydrogens is 398 g/mol. The van der Waals surface area contributed by atoms with E-state index in [9.17, 15) is 10.1 Å². The average Bonchev–Trinajstić information content (AvgIpc) is 3.32. The summed E-state index contributed by atoms with van der Waals surface area (Å²) in [5, 5.41) is 9.18. The summed E-state index contributed by atoms with van der Waals surface area (Å²) in [6.07, 6.45) is 5.51. The molecule has 0 spiro atoms. The van der Waals surface area contributed by atoms with E-state index in [-0.39, 0.29) is 5.56 Å². The van der Waals surface area contributed by atoms with Crippen LogP contribution in [0.15, 0.2) is 65.7 Å². The monoisotopic (exact) mass is 423 g/mol. The van der Waals surface area contributed by atoms with Crippen molar-refractivity contribution in [3.63, 3.8) is 0 Å². The van der Waals surface area contributed by atoms with Crippen LogP contribution in [0.5, 0.6) is 0 Å². The van der Waals surface area contributed by atoms with E-state index >= 15 is 0 Å². The molecule has 0 radical (unpaired) electrons. The highest BCUT2D eigenvalue weighted by Gasteiger charge is 2.24. The molecule has 0 bridgehead atoms. The summed E-state index contributed by atoms with van der Waals surface area (Å²) >= 11 is 0. The second-order valence-electron chi connectivity index (χ2n) is 8.36. The molecule has 6 heteroatoms. The summed E-state index contributed by atoms with van der Waals surface area (Å²) in [6, 6.07) is 18.3. The lowest BCUT2D eigenvalue weighted by atomic mass is 10.0. The molecule has 0 saturated carbocycles. The molecule has 0 saturated heterocycles. The Bertz CT molecular complexity index is 1370. The summed E-state index contributed by atoms with van der Waals surface area (Å²) in [5.74, 6) is 0.698. The lowest BCUT2D eigenvalue weighted by Crippen LogP contribution is -2.38. The summed E-state index contributed by atoms with van der Waals surface area (Å²) in [6.45, 7) is 4.81. The van der Waals surface area contributed by atoms with E-state index in [0.29, 0.717) is 24.4 Å². The number of nitrogens with zero attached hydrogens (tertiary/aromatic N) is 5. The quantitative estimate of drug-likeness (QED) is 0.493. The molecule has 1 aliphatic heterocycles. The number of nitriles is 1. The van der Waals surface area contributed by atoms with E-state index in [1.807, 2.05) is 30.5 Å². The Kier molecular flexibility index (Phi) is 5.34. The van der Waals surface area contributed by atoms with Gasteiger partial charge in [0.1, 0.15) is 0 Å². The van der Waals surface area contributed by atoms with Gasteiger partial charge in [-0.2, -0.15) is 5.26 Å². The number of rotatable bonds is 5. The minimum atomic E-state index is 0.0359. The smallest absolute Gasteiger partial charge is 0.259 e. The summed E-state index contributed by atoms with van der Waals surface area (Å²) in [5.41, 5.74) is 6.06. The number of aromatic nitrogens is 3. The topological polar surface area (TPSA) is 66.3 Å². The number of hydrogen-bond acceptors (Lipinski definition) is 4. The van der Waals surface area contributed by atoms with Crippen molar-refractivity contribution >= 4 is 5.78 Å². The highest BCUT2D eigenvalue weighted by Crippen LogP contribution is 2.20. The average molecular weight is 424 g/mol. The predicted octanol–water partition coefficient (Wildman–Crippen LogP) is 3.54. The molecule has 2 aromatic carbocycles. The van der Waals surface area contributed by atoms with Crippen molar-refractivity contribution in [2.45, 2.75) is 39.4 Å². The van der Waals surface area contributed by atoms with Crippen molar-refractivity contribution in [2.75, 3.05) is 6.54 Å². The highest BCUT2D eigenvalue weighted by molar-refractivity contribution is 5.39. The Balaban J connectivity index is 1.49.